The van der Waals surface area contributed by atoms with E-state index in [-0.39, 0.29) is 5.75 Å². The summed E-state index contributed by atoms with van der Waals surface area (Å²) in [4.78, 5) is 0. The Labute approximate surface area is 88.2 Å². The average Bonchev–Trinajstić information content (AvgIpc) is 2.01. The van der Waals surface area contributed by atoms with Crippen molar-refractivity contribution in [2.24, 2.45) is 0 Å². The van der Waals surface area contributed by atoms with Crippen LogP contribution in [0.2, 0.25) is 5.02 Å². The van der Waals surface area contributed by atoms with E-state index < -0.39 is 15.9 Å². The number of hydrogen-bond donors (Lipinski definition) is 1. The Kier molecular flexibility index (Phi) is 3.53. The molecule has 1 aromatic rings. The Morgan fingerprint density at radius 2 is 2.00 bits per heavy atom. The van der Waals surface area contributed by atoms with E-state index in [0.717, 1.165) is 6.26 Å². The van der Waals surface area contributed by atoms with Gasteiger partial charge in [0.2, 0.25) is 0 Å². The van der Waals surface area contributed by atoms with E-state index in [2.05, 4.69) is 0 Å². The van der Waals surface area contributed by atoms with Crippen LogP contribution in [0.1, 0.15) is 11.7 Å². The molecule has 0 aliphatic heterocycles. The molecule has 5 heteroatoms. The molecule has 0 fully saturated rings. The highest BCUT2D eigenvalue weighted by atomic mass is 35.5. The molecule has 0 aliphatic carbocycles. The van der Waals surface area contributed by atoms with Crippen molar-refractivity contribution in [1.82, 2.24) is 0 Å². The molecule has 3 nitrogen and oxygen atoms in total. The van der Waals surface area contributed by atoms with Crippen molar-refractivity contribution in [3.63, 3.8) is 0 Å². The monoisotopic (exact) mass is 234 g/mol. The summed E-state index contributed by atoms with van der Waals surface area (Å²) in [5.74, 6) is -0.309. The van der Waals surface area contributed by atoms with Crippen LogP contribution in [0.3, 0.4) is 0 Å². The van der Waals surface area contributed by atoms with Gasteiger partial charge in [0.25, 0.3) is 0 Å². The zero-order chi connectivity index (χ0) is 10.8. The molecule has 0 saturated carbocycles. The maximum Gasteiger partial charge on any atom is 0.150 e. The van der Waals surface area contributed by atoms with Gasteiger partial charge in [-0.15, -0.1) is 0 Å². The molecule has 0 spiro atoms. The van der Waals surface area contributed by atoms with Gasteiger partial charge < -0.3 is 5.11 Å². The van der Waals surface area contributed by atoms with Crippen LogP contribution in [-0.2, 0) is 9.84 Å². The highest BCUT2D eigenvalue weighted by molar-refractivity contribution is 7.90. The summed E-state index contributed by atoms with van der Waals surface area (Å²) in [5.41, 5.74) is 0.444. The molecular weight excluding hydrogens is 224 g/mol. The second kappa shape index (κ2) is 4.29. The standard InChI is InChI=1S/C9H11ClO3S/c1-14(12,13)6-9(11)7-4-2-3-5-8(7)10/h2-5,9,11H,6H2,1H3/t9-/m0/s1. The zero-order valence-electron chi connectivity index (χ0n) is 7.64. The van der Waals surface area contributed by atoms with E-state index in [1.807, 2.05) is 0 Å². The Bertz CT molecular complexity index is 414. The fourth-order valence-electron chi connectivity index (χ4n) is 1.12. The fraction of sp³-hybridized carbons (Fsp3) is 0.333. The third-order valence-corrected chi connectivity index (χ3v) is 2.99. The molecule has 1 rings (SSSR count). The van der Waals surface area contributed by atoms with Gasteiger partial charge in [0.05, 0.1) is 11.9 Å². The molecule has 1 N–H and O–H groups in total. The second-order valence-electron chi connectivity index (χ2n) is 3.13. The number of sulfone groups is 1. The molecule has 14 heavy (non-hydrogen) atoms. The first-order valence-electron chi connectivity index (χ1n) is 4.00. The quantitative estimate of drug-likeness (QED) is 0.861. The number of halogens is 1. The van der Waals surface area contributed by atoms with Crippen LogP contribution in [0.4, 0.5) is 0 Å². The van der Waals surface area contributed by atoms with E-state index >= 15 is 0 Å². The van der Waals surface area contributed by atoms with E-state index in [0.29, 0.717) is 10.6 Å². The summed E-state index contributed by atoms with van der Waals surface area (Å²) >= 11 is 5.79. The van der Waals surface area contributed by atoms with Gasteiger partial charge in [0, 0.05) is 16.8 Å². The van der Waals surface area contributed by atoms with Crippen molar-refractivity contribution in [2.75, 3.05) is 12.0 Å². The Morgan fingerprint density at radius 3 is 2.50 bits per heavy atom. The van der Waals surface area contributed by atoms with Crippen LogP contribution in [-0.4, -0.2) is 25.5 Å². The normalized spacial score (nSPS) is 13.9. The van der Waals surface area contributed by atoms with Crippen molar-refractivity contribution in [3.05, 3.63) is 34.9 Å². The van der Waals surface area contributed by atoms with E-state index in [1.165, 1.54) is 0 Å². The lowest BCUT2D eigenvalue weighted by molar-refractivity contribution is 0.202. The van der Waals surface area contributed by atoms with Crippen molar-refractivity contribution in [3.8, 4) is 0 Å². The van der Waals surface area contributed by atoms with Gasteiger partial charge in [-0.1, -0.05) is 29.8 Å². The molecule has 0 aliphatic rings. The Morgan fingerprint density at radius 1 is 1.43 bits per heavy atom. The summed E-state index contributed by atoms with van der Waals surface area (Å²) in [7, 11) is -3.20. The van der Waals surface area contributed by atoms with E-state index in [9.17, 15) is 13.5 Å². The van der Waals surface area contributed by atoms with Gasteiger partial charge in [0.15, 0.2) is 0 Å². The second-order valence-corrected chi connectivity index (χ2v) is 5.72. The molecule has 78 valence electrons. The lowest BCUT2D eigenvalue weighted by atomic mass is 10.1. The van der Waals surface area contributed by atoms with E-state index in [4.69, 9.17) is 11.6 Å². The number of rotatable bonds is 3. The highest BCUT2D eigenvalue weighted by Gasteiger charge is 2.16. The number of aliphatic hydroxyl groups is 1. The van der Waals surface area contributed by atoms with Gasteiger partial charge in [-0.05, 0) is 6.07 Å². The van der Waals surface area contributed by atoms with E-state index in [1.54, 1.807) is 24.3 Å². The van der Waals surface area contributed by atoms with Crippen molar-refractivity contribution < 1.29 is 13.5 Å². The van der Waals surface area contributed by atoms with Crippen molar-refractivity contribution in [2.45, 2.75) is 6.10 Å². The average molecular weight is 235 g/mol. The predicted octanol–water partition coefficient (Wildman–Crippen LogP) is 1.42. The molecule has 0 heterocycles. The van der Waals surface area contributed by atoms with Crippen molar-refractivity contribution >= 4 is 21.4 Å². The number of aliphatic hydroxyl groups excluding tert-OH is 1. The van der Waals surface area contributed by atoms with Gasteiger partial charge in [0.1, 0.15) is 9.84 Å². The third-order valence-electron chi connectivity index (χ3n) is 1.72. The van der Waals surface area contributed by atoms with Crippen LogP contribution < -0.4 is 0 Å². The van der Waals surface area contributed by atoms with Gasteiger partial charge in [-0.2, -0.15) is 0 Å². The molecule has 0 radical (unpaired) electrons. The summed E-state index contributed by atoms with van der Waals surface area (Å²) in [6.45, 7) is 0. The summed E-state index contributed by atoms with van der Waals surface area (Å²) < 4.78 is 21.8. The smallest absolute Gasteiger partial charge is 0.150 e. The molecule has 0 saturated heterocycles. The molecule has 0 aromatic heterocycles. The predicted molar refractivity (Wildman–Crippen MR) is 56.1 cm³/mol. The van der Waals surface area contributed by atoms with Gasteiger partial charge in [-0.3, -0.25) is 0 Å². The molecule has 0 bridgehead atoms. The molecule has 1 aromatic carbocycles. The van der Waals surface area contributed by atoms with Crippen LogP contribution in [0.5, 0.6) is 0 Å². The van der Waals surface area contributed by atoms with Gasteiger partial charge >= 0.3 is 0 Å². The Balaban J connectivity index is 2.90. The minimum atomic E-state index is -3.20. The largest absolute Gasteiger partial charge is 0.387 e. The Hall–Kier alpha value is -0.580. The minimum absolute atomic E-state index is 0.309. The molecule has 0 amide bonds. The maximum atomic E-state index is 10.9. The zero-order valence-corrected chi connectivity index (χ0v) is 9.22. The lowest BCUT2D eigenvalue weighted by Gasteiger charge is -2.10. The van der Waals surface area contributed by atoms with Crippen LogP contribution >= 0.6 is 11.6 Å². The summed E-state index contributed by atoms with van der Waals surface area (Å²) in [5, 5.41) is 9.95. The highest BCUT2D eigenvalue weighted by Crippen LogP contribution is 2.23. The number of hydrogen-bond acceptors (Lipinski definition) is 3. The first-order chi connectivity index (χ1) is 6.40. The molecule has 0 unspecified atom stereocenters. The molecular formula is C9H11ClO3S. The molecule has 1 atom stereocenters. The minimum Gasteiger partial charge on any atom is -0.387 e. The first-order valence-corrected chi connectivity index (χ1v) is 6.44. The van der Waals surface area contributed by atoms with Crippen LogP contribution in [0, 0.1) is 0 Å². The topological polar surface area (TPSA) is 54.4 Å². The van der Waals surface area contributed by atoms with Gasteiger partial charge in [-0.25, -0.2) is 8.42 Å². The van der Waals surface area contributed by atoms with Crippen molar-refractivity contribution in [1.29, 1.82) is 0 Å². The first kappa shape index (κ1) is 11.5. The van der Waals surface area contributed by atoms with Crippen LogP contribution in [0.15, 0.2) is 24.3 Å². The number of benzene rings is 1. The fourth-order valence-corrected chi connectivity index (χ4v) is 2.14. The third kappa shape index (κ3) is 3.29. The van der Waals surface area contributed by atoms with Crippen LogP contribution in [0.25, 0.3) is 0 Å². The lowest BCUT2D eigenvalue weighted by Crippen LogP contribution is -2.12. The summed E-state index contributed by atoms with van der Waals surface area (Å²) in [6, 6.07) is 6.65. The SMILES string of the molecule is CS(=O)(=O)C[C@H](O)c1ccccc1Cl. The maximum absolute atomic E-state index is 10.9. The summed E-state index contributed by atoms with van der Waals surface area (Å²) in [6.07, 6.45) is 0.0197.